The van der Waals surface area contributed by atoms with Gasteiger partial charge in [0.1, 0.15) is 6.61 Å². The van der Waals surface area contributed by atoms with Gasteiger partial charge in [-0.15, -0.1) is 5.92 Å². The number of hydrogen-bond donors (Lipinski definition) is 0. The second kappa shape index (κ2) is 5.17. The first-order valence-corrected chi connectivity index (χ1v) is 4.12. The lowest BCUT2D eigenvalue weighted by atomic mass is 10.4. The van der Waals surface area contributed by atoms with Crippen LogP contribution in [0.15, 0.2) is 0 Å². The summed E-state index contributed by atoms with van der Waals surface area (Å²) >= 11 is 0. The third kappa shape index (κ3) is 3.41. The smallest absolute Gasteiger partial charge is 0.158 e. The average Bonchev–Trinajstić information content (AvgIpc) is 2.50. The first-order valence-electron chi connectivity index (χ1n) is 4.12. The van der Waals surface area contributed by atoms with Crippen LogP contribution in [0.25, 0.3) is 0 Å². The van der Waals surface area contributed by atoms with Crippen LogP contribution in [0.3, 0.4) is 0 Å². The molecule has 1 unspecified atom stereocenters. The van der Waals surface area contributed by atoms with Crippen molar-refractivity contribution in [3.63, 3.8) is 0 Å². The zero-order valence-electron chi connectivity index (χ0n) is 6.93. The zero-order valence-corrected chi connectivity index (χ0v) is 6.93. The summed E-state index contributed by atoms with van der Waals surface area (Å²) in [6.45, 7) is 3.38. The predicted octanol–water partition coefficient (Wildman–Crippen LogP) is 1.55. The van der Waals surface area contributed by atoms with Crippen LogP contribution in [-0.2, 0) is 9.47 Å². The molecule has 0 aromatic carbocycles. The molecule has 0 bridgehead atoms. The molecule has 1 aliphatic heterocycles. The van der Waals surface area contributed by atoms with Crippen molar-refractivity contribution in [1.82, 2.24) is 0 Å². The molecule has 1 fully saturated rings. The van der Waals surface area contributed by atoms with Gasteiger partial charge in [0.25, 0.3) is 0 Å². The van der Waals surface area contributed by atoms with E-state index in [0.717, 1.165) is 25.9 Å². The molecule has 0 saturated carbocycles. The maximum absolute atomic E-state index is 5.31. The van der Waals surface area contributed by atoms with Crippen molar-refractivity contribution in [1.29, 1.82) is 0 Å². The van der Waals surface area contributed by atoms with E-state index in [1.54, 1.807) is 0 Å². The lowest BCUT2D eigenvalue weighted by molar-refractivity contribution is -0.0996. The van der Waals surface area contributed by atoms with Crippen LogP contribution in [0.2, 0.25) is 0 Å². The summed E-state index contributed by atoms with van der Waals surface area (Å²) in [5.41, 5.74) is 0. The second-order valence-electron chi connectivity index (χ2n) is 2.46. The van der Waals surface area contributed by atoms with E-state index in [2.05, 4.69) is 11.8 Å². The largest absolute Gasteiger partial charge is 0.353 e. The lowest BCUT2D eigenvalue weighted by Crippen LogP contribution is -2.10. The summed E-state index contributed by atoms with van der Waals surface area (Å²) in [4.78, 5) is 0. The molecule has 0 N–H and O–H groups in total. The van der Waals surface area contributed by atoms with E-state index < -0.39 is 0 Å². The maximum atomic E-state index is 5.31. The number of rotatable bonds is 2. The highest BCUT2D eigenvalue weighted by Gasteiger charge is 2.14. The second-order valence-corrected chi connectivity index (χ2v) is 2.46. The summed E-state index contributed by atoms with van der Waals surface area (Å²) < 4.78 is 10.6. The molecule has 2 nitrogen and oxygen atoms in total. The fourth-order valence-corrected chi connectivity index (χ4v) is 0.990. The minimum atomic E-state index is 0.0150. The Labute approximate surface area is 67.9 Å². The van der Waals surface area contributed by atoms with Gasteiger partial charge in [0.2, 0.25) is 0 Å². The molecule has 0 amide bonds. The minimum Gasteiger partial charge on any atom is -0.353 e. The van der Waals surface area contributed by atoms with Gasteiger partial charge in [0.15, 0.2) is 6.29 Å². The van der Waals surface area contributed by atoms with Gasteiger partial charge in [-0.25, -0.2) is 0 Å². The summed E-state index contributed by atoms with van der Waals surface area (Å²) in [6, 6.07) is 0. The Bertz CT molecular complexity index is 149. The van der Waals surface area contributed by atoms with Crippen LogP contribution in [0, 0.1) is 11.8 Å². The van der Waals surface area contributed by atoms with E-state index in [-0.39, 0.29) is 6.29 Å². The SMILES string of the molecule is CCC#CCOC1CCCO1. The molecular weight excluding hydrogens is 140 g/mol. The maximum Gasteiger partial charge on any atom is 0.158 e. The molecule has 2 heteroatoms. The van der Waals surface area contributed by atoms with Crippen LogP contribution in [-0.4, -0.2) is 19.5 Å². The zero-order chi connectivity index (χ0) is 7.94. The molecule has 0 spiro atoms. The van der Waals surface area contributed by atoms with Gasteiger partial charge in [-0.3, -0.25) is 0 Å². The van der Waals surface area contributed by atoms with E-state index >= 15 is 0 Å². The van der Waals surface area contributed by atoms with Crippen molar-refractivity contribution < 1.29 is 9.47 Å². The number of ether oxygens (including phenoxy) is 2. The molecule has 1 rings (SSSR count). The third-order valence-electron chi connectivity index (χ3n) is 1.53. The molecule has 1 atom stereocenters. The Morgan fingerprint density at radius 1 is 1.55 bits per heavy atom. The quantitative estimate of drug-likeness (QED) is 0.562. The monoisotopic (exact) mass is 154 g/mol. The molecule has 1 saturated heterocycles. The van der Waals surface area contributed by atoms with E-state index in [1.165, 1.54) is 0 Å². The molecule has 0 aliphatic carbocycles. The van der Waals surface area contributed by atoms with Crippen molar-refractivity contribution >= 4 is 0 Å². The molecular formula is C9H14O2. The van der Waals surface area contributed by atoms with Crippen LogP contribution in [0.1, 0.15) is 26.2 Å². The summed E-state index contributed by atoms with van der Waals surface area (Å²) in [7, 11) is 0. The highest BCUT2D eigenvalue weighted by Crippen LogP contribution is 2.12. The van der Waals surface area contributed by atoms with E-state index in [0.29, 0.717) is 6.61 Å². The predicted molar refractivity (Wildman–Crippen MR) is 43.0 cm³/mol. The topological polar surface area (TPSA) is 18.5 Å². The Morgan fingerprint density at radius 3 is 3.09 bits per heavy atom. The fraction of sp³-hybridized carbons (Fsp3) is 0.778. The van der Waals surface area contributed by atoms with Crippen LogP contribution < -0.4 is 0 Å². The fourth-order valence-electron chi connectivity index (χ4n) is 0.990. The van der Waals surface area contributed by atoms with Crippen molar-refractivity contribution in [2.24, 2.45) is 0 Å². The Morgan fingerprint density at radius 2 is 2.45 bits per heavy atom. The van der Waals surface area contributed by atoms with Gasteiger partial charge in [0.05, 0.1) is 0 Å². The third-order valence-corrected chi connectivity index (χ3v) is 1.53. The van der Waals surface area contributed by atoms with Crippen LogP contribution in [0.5, 0.6) is 0 Å². The van der Waals surface area contributed by atoms with Crippen molar-refractivity contribution in [3.05, 3.63) is 0 Å². The average molecular weight is 154 g/mol. The molecule has 1 heterocycles. The van der Waals surface area contributed by atoms with E-state index in [9.17, 15) is 0 Å². The van der Waals surface area contributed by atoms with Gasteiger partial charge in [-0.05, 0) is 6.42 Å². The van der Waals surface area contributed by atoms with Crippen LogP contribution >= 0.6 is 0 Å². The van der Waals surface area contributed by atoms with Gasteiger partial charge in [-0.1, -0.05) is 12.8 Å². The highest BCUT2D eigenvalue weighted by atomic mass is 16.7. The first-order chi connectivity index (χ1) is 5.43. The molecule has 62 valence electrons. The first kappa shape index (κ1) is 8.58. The standard InChI is InChI=1S/C9H14O2/c1-2-3-4-7-10-9-6-5-8-11-9/h9H,2,5-8H2,1H3. The minimum absolute atomic E-state index is 0.0150. The Kier molecular flexibility index (Phi) is 4.03. The van der Waals surface area contributed by atoms with Crippen molar-refractivity contribution in [2.75, 3.05) is 13.2 Å². The van der Waals surface area contributed by atoms with Gasteiger partial charge < -0.3 is 9.47 Å². The molecule has 0 aromatic heterocycles. The summed E-state index contributed by atoms with van der Waals surface area (Å²) in [6.07, 6.45) is 3.05. The van der Waals surface area contributed by atoms with Gasteiger partial charge in [-0.2, -0.15) is 0 Å². The molecule has 1 aliphatic rings. The number of hydrogen-bond acceptors (Lipinski definition) is 2. The molecule has 11 heavy (non-hydrogen) atoms. The summed E-state index contributed by atoms with van der Waals surface area (Å²) in [5, 5.41) is 0. The van der Waals surface area contributed by atoms with E-state index in [1.807, 2.05) is 6.92 Å². The Hall–Kier alpha value is -0.520. The van der Waals surface area contributed by atoms with Gasteiger partial charge >= 0.3 is 0 Å². The highest BCUT2D eigenvalue weighted by molar-refractivity contribution is 4.97. The molecule has 0 aromatic rings. The van der Waals surface area contributed by atoms with Crippen molar-refractivity contribution in [2.45, 2.75) is 32.5 Å². The normalized spacial score (nSPS) is 22.8. The lowest BCUT2D eigenvalue weighted by Gasteiger charge is -2.06. The van der Waals surface area contributed by atoms with Crippen molar-refractivity contribution in [3.8, 4) is 11.8 Å². The summed E-state index contributed by atoms with van der Waals surface area (Å²) in [5.74, 6) is 5.85. The van der Waals surface area contributed by atoms with E-state index in [4.69, 9.17) is 9.47 Å². The van der Waals surface area contributed by atoms with Crippen LogP contribution in [0.4, 0.5) is 0 Å². The van der Waals surface area contributed by atoms with Gasteiger partial charge in [0, 0.05) is 19.4 Å². The Balaban J connectivity index is 2.02. The molecule has 0 radical (unpaired) electrons.